The van der Waals surface area contributed by atoms with Crippen molar-refractivity contribution in [3.8, 4) is 0 Å². The molecule has 4 nitrogen and oxygen atoms in total. The van der Waals surface area contributed by atoms with Crippen molar-refractivity contribution in [2.75, 3.05) is 18.4 Å². The van der Waals surface area contributed by atoms with Gasteiger partial charge in [0.1, 0.15) is 10.8 Å². The predicted molar refractivity (Wildman–Crippen MR) is 121 cm³/mol. The number of benzene rings is 1. The number of likely N-dealkylation sites (tertiary alicyclic amines) is 1. The van der Waals surface area contributed by atoms with Gasteiger partial charge in [-0.05, 0) is 87.0 Å². The first-order chi connectivity index (χ1) is 15.2. The van der Waals surface area contributed by atoms with Crippen LogP contribution in [0.3, 0.4) is 0 Å². The summed E-state index contributed by atoms with van der Waals surface area (Å²) < 4.78 is 19.1. The highest BCUT2D eigenvalue weighted by Gasteiger charge is 2.33. The van der Waals surface area contributed by atoms with Gasteiger partial charge in [-0.2, -0.15) is 0 Å². The van der Waals surface area contributed by atoms with Crippen molar-refractivity contribution in [3.63, 3.8) is 0 Å². The number of carbonyl (C=O) groups excluding carboxylic acids is 1. The summed E-state index contributed by atoms with van der Waals surface area (Å²) in [6.45, 7) is 2.02. The van der Waals surface area contributed by atoms with Crippen molar-refractivity contribution in [2.45, 2.75) is 51.0 Å². The predicted octanol–water partition coefficient (Wildman–Crippen LogP) is 6.19. The molecule has 5 rings (SSSR count). The molecule has 0 saturated carbocycles. The van der Waals surface area contributed by atoms with E-state index in [1.807, 2.05) is 12.1 Å². The molecule has 1 fully saturated rings. The van der Waals surface area contributed by atoms with Gasteiger partial charge in [-0.1, -0.05) is 18.6 Å². The van der Waals surface area contributed by atoms with Crippen LogP contribution < -0.4 is 5.32 Å². The van der Waals surface area contributed by atoms with E-state index in [1.54, 1.807) is 35.6 Å². The molecule has 1 aliphatic carbocycles. The van der Waals surface area contributed by atoms with E-state index in [1.165, 1.54) is 41.5 Å². The minimum absolute atomic E-state index is 0.0194. The maximum atomic E-state index is 13.7. The van der Waals surface area contributed by atoms with E-state index in [0.29, 0.717) is 5.76 Å². The zero-order chi connectivity index (χ0) is 21.2. The number of fused-ring (bicyclic) bond motifs is 1. The van der Waals surface area contributed by atoms with E-state index in [0.717, 1.165) is 49.3 Å². The average molecular weight is 439 g/mol. The SMILES string of the molecule is O=C(Nc1sc2c(c1C(c1ccc(F)cc1)N1CCCCC1)CCCC2)c1ccco1. The molecule has 1 aromatic carbocycles. The maximum absolute atomic E-state index is 13.7. The van der Waals surface area contributed by atoms with E-state index >= 15 is 0 Å². The number of nitrogens with one attached hydrogen (secondary N) is 1. The lowest BCUT2D eigenvalue weighted by Crippen LogP contribution is -2.35. The summed E-state index contributed by atoms with van der Waals surface area (Å²) in [5, 5.41) is 4.07. The number of piperidine rings is 1. The van der Waals surface area contributed by atoms with Crippen molar-refractivity contribution in [1.29, 1.82) is 0 Å². The van der Waals surface area contributed by atoms with Gasteiger partial charge >= 0.3 is 0 Å². The van der Waals surface area contributed by atoms with Crippen LogP contribution in [0.5, 0.6) is 0 Å². The van der Waals surface area contributed by atoms with E-state index in [2.05, 4.69) is 10.2 Å². The van der Waals surface area contributed by atoms with Gasteiger partial charge in [0.05, 0.1) is 12.3 Å². The molecule has 1 aliphatic heterocycles. The first kappa shape index (κ1) is 20.5. The fraction of sp³-hybridized carbons (Fsp3) is 0.400. The number of amides is 1. The molecule has 1 amide bonds. The minimum atomic E-state index is -0.222. The van der Waals surface area contributed by atoms with E-state index < -0.39 is 0 Å². The highest BCUT2D eigenvalue weighted by molar-refractivity contribution is 7.16. The summed E-state index contributed by atoms with van der Waals surface area (Å²) in [7, 11) is 0. The molecule has 3 aromatic rings. The second-order valence-corrected chi connectivity index (χ2v) is 9.54. The lowest BCUT2D eigenvalue weighted by molar-refractivity contribution is 0.0996. The molecule has 6 heteroatoms. The monoisotopic (exact) mass is 438 g/mol. The molecule has 1 N–H and O–H groups in total. The molecule has 1 unspecified atom stereocenters. The zero-order valence-corrected chi connectivity index (χ0v) is 18.3. The topological polar surface area (TPSA) is 45.5 Å². The molecule has 0 spiro atoms. The number of nitrogens with zero attached hydrogens (tertiary/aromatic N) is 1. The first-order valence-electron chi connectivity index (χ1n) is 11.2. The Kier molecular flexibility index (Phi) is 5.92. The van der Waals surface area contributed by atoms with Gasteiger partial charge in [-0.15, -0.1) is 11.3 Å². The lowest BCUT2D eigenvalue weighted by Gasteiger charge is -2.36. The van der Waals surface area contributed by atoms with Crippen LogP contribution >= 0.6 is 11.3 Å². The Labute approximate surface area is 186 Å². The molecular formula is C25H27FN2O2S. The zero-order valence-electron chi connectivity index (χ0n) is 17.5. The maximum Gasteiger partial charge on any atom is 0.291 e. The van der Waals surface area contributed by atoms with Crippen LogP contribution in [-0.2, 0) is 12.8 Å². The fourth-order valence-electron chi connectivity index (χ4n) is 4.93. The smallest absolute Gasteiger partial charge is 0.291 e. The van der Waals surface area contributed by atoms with Crippen LogP contribution in [0.4, 0.5) is 9.39 Å². The van der Waals surface area contributed by atoms with Crippen molar-refractivity contribution < 1.29 is 13.6 Å². The van der Waals surface area contributed by atoms with Crippen LogP contribution in [-0.4, -0.2) is 23.9 Å². The summed E-state index contributed by atoms with van der Waals surface area (Å²) in [4.78, 5) is 16.7. The van der Waals surface area contributed by atoms with Crippen LogP contribution in [0.15, 0.2) is 47.1 Å². The molecule has 31 heavy (non-hydrogen) atoms. The highest BCUT2D eigenvalue weighted by atomic mass is 32.1. The second kappa shape index (κ2) is 8.97. The van der Waals surface area contributed by atoms with Crippen LogP contribution in [0.2, 0.25) is 0 Å². The lowest BCUT2D eigenvalue weighted by atomic mass is 9.88. The number of rotatable bonds is 5. The molecule has 2 aromatic heterocycles. The Morgan fingerprint density at radius 3 is 2.55 bits per heavy atom. The molecule has 162 valence electrons. The quantitative estimate of drug-likeness (QED) is 0.517. The van der Waals surface area contributed by atoms with Crippen LogP contribution in [0.25, 0.3) is 0 Å². The van der Waals surface area contributed by atoms with Crippen LogP contribution in [0.1, 0.15) is 70.3 Å². The number of hydrogen-bond acceptors (Lipinski definition) is 4. The van der Waals surface area contributed by atoms with Gasteiger partial charge in [0.25, 0.3) is 5.91 Å². The first-order valence-corrected chi connectivity index (χ1v) is 12.0. The van der Waals surface area contributed by atoms with Crippen molar-refractivity contribution in [1.82, 2.24) is 4.90 Å². The highest BCUT2D eigenvalue weighted by Crippen LogP contribution is 2.46. The number of aryl methyl sites for hydroxylation is 1. The molecule has 2 aliphatic rings. The Hall–Kier alpha value is -2.44. The van der Waals surface area contributed by atoms with Gasteiger partial charge in [0.2, 0.25) is 0 Å². The molecule has 0 bridgehead atoms. The summed E-state index contributed by atoms with van der Waals surface area (Å²) >= 11 is 1.70. The fourth-order valence-corrected chi connectivity index (χ4v) is 6.24. The van der Waals surface area contributed by atoms with Gasteiger partial charge < -0.3 is 9.73 Å². The molecule has 0 radical (unpaired) electrons. The number of thiophene rings is 1. The average Bonchev–Trinajstić information content (AvgIpc) is 3.45. The van der Waals surface area contributed by atoms with E-state index in [9.17, 15) is 9.18 Å². The van der Waals surface area contributed by atoms with Gasteiger partial charge in [-0.25, -0.2) is 4.39 Å². The summed E-state index contributed by atoms with van der Waals surface area (Å²) in [6, 6.07) is 10.3. The Morgan fingerprint density at radius 2 is 1.81 bits per heavy atom. The van der Waals surface area contributed by atoms with Gasteiger partial charge in [0, 0.05) is 10.4 Å². The summed E-state index contributed by atoms with van der Waals surface area (Å²) in [5.74, 6) is -0.130. The van der Waals surface area contributed by atoms with Gasteiger partial charge in [0.15, 0.2) is 5.76 Å². The molecular weight excluding hydrogens is 411 g/mol. The molecule has 1 atom stereocenters. The van der Waals surface area contributed by atoms with Crippen LogP contribution in [0, 0.1) is 5.82 Å². The third-order valence-electron chi connectivity index (χ3n) is 6.40. The third-order valence-corrected chi connectivity index (χ3v) is 7.62. The van der Waals surface area contributed by atoms with Gasteiger partial charge in [-0.3, -0.25) is 9.69 Å². The standard InChI is InChI=1S/C25H27FN2O2S/c26-18-12-10-17(11-13-18)23(28-14-4-1-5-15-28)22-19-7-2-3-9-21(19)31-25(22)27-24(29)20-8-6-16-30-20/h6,8,10-13,16,23H,1-5,7,9,14-15H2,(H,27,29). The third kappa shape index (κ3) is 4.19. The van der Waals surface area contributed by atoms with Crippen molar-refractivity contribution in [2.24, 2.45) is 0 Å². The molecule has 1 saturated heterocycles. The Morgan fingerprint density at radius 1 is 1.03 bits per heavy atom. The number of furan rings is 1. The number of carbonyl (C=O) groups is 1. The number of anilines is 1. The number of halogens is 1. The van der Waals surface area contributed by atoms with Crippen molar-refractivity contribution in [3.05, 3.63) is 75.8 Å². The van der Waals surface area contributed by atoms with E-state index in [4.69, 9.17) is 4.42 Å². The second-order valence-electron chi connectivity index (χ2n) is 8.44. The largest absolute Gasteiger partial charge is 0.459 e. The Bertz CT molecular complexity index is 1040. The number of hydrogen-bond donors (Lipinski definition) is 1. The minimum Gasteiger partial charge on any atom is -0.459 e. The van der Waals surface area contributed by atoms with Crippen molar-refractivity contribution >= 4 is 22.2 Å². The summed E-state index contributed by atoms with van der Waals surface area (Å²) in [6.07, 6.45) is 9.53. The normalized spacial score (nSPS) is 17.8. The summed E-state index contributed by atoms with van der Waals surface area (Å²) in [5.41, 5.74) is 3.67. The Balaban J connectivity index is 1.60. The van der Waals surface area contributed by atoms with E-state index in [-0.39, 0.29) is 17.8 Å². The molecule has 3 heterocycles.